The molecule has 1 aromatic heterocycles. The first-order chi connectivity index (χ1) is 23.2. The van der Waals surface area contributed by atoms with Gasteiger partial charge in [0.05, 0.1) is 35.3 Å². The van der Waals surface area contributed by atoms with Crippen LogP contribution in [-0.4, -0.2) is 91.4 Å². The van der Waals surface area contributed by atoms with E-state index in [2.05, 4.69) is 15.8 Å². The average molecular weight is 700 g/mol. The maximum Gasteiger partial charge on any atom is 0.323 e. The molecule has 13 nitrogen and oxygen atoms in total. The molecule has 2 aromatic carbocycles. The number of urea groups is 1. The third kappa shape index (κ3) is 9.59. The Balaban J connectivity index is 1.63. The van der Waals surface area contributed by atoms with Crippen LogP contribution in [0.15, 0.2) is 51.9 Å². The second kappa shape index (κ2) is 16.6. The van der Waals surface area contributed by atoms with Gasteiger partial charge in [0.1, 0.15) is 17.1 Å². The lowest BCUT2D eigenvalue weighted by atomic mass is 10.0. The molecule has 1 aliphatic heterocycles. The molecule has 49 heavy (non-hydrogen) atoms. The van der Waals surface area contributed by atoms with Gasteiger partial charge in [-0.3, -0.25) is 4.79 Å². The number of carbonyl (C=O) groups excluding carboxylic acids is 2. The molecular weight excluding hydrogens is 650 g/mol. The van der Waals surface area contributed by atoms with Crippen LogP contribution in [0, 0.1) is 26.7 Å². The van der Waals surface area contributed by atoms with Gasteiger partial charge in [0, 0.05) is 38.3 Å². The van der Waals surface area contributed by atoms with E-state index in [1.807, 2.05) is 20.8 Å². The maximum absolute atomic E-state index is 14.4. The number of aliphatic hydroxyl groups is 1. The number of carbonyl (C=O) groups is 2. The normalized spacial score (nSPS) is 20.2. The maximum atomic E-state index is 14.4. The van der Waals surface area contributed by atoms with Crippen LogP contribution in [-0.2, 0) is 14.8 Å². The zero-order valence-electron chi connectivity index (χ0n) is 29.4. The Morgan fingerprint density at radius 3 is 2.47 bits per heavy atom. The second-order valence-electron chi connectivity index (χ2n) is 12.9. The summed E-state index contributed by atoms with van der Waals surface area (Å²) >= 11 is 0. The first-order valence-electron chi connectivity index (χ1n) is 16.6. The first kappa shape index (κ1) is 37.8. The molecule has 0 fully saturated rings. The summed E-state index contributed by atoms with van der Waals surface area (Å²) in [6, 6.07) is 10.4. The number of amides is 3. The summed E-state index contributed by atoms with van der Waals surface area (Å²) in [7, 11) is -2.27. The van der Waals surface area contributed by atoms with Crippen LogP contribution in [0.1, 0.15) is 67.4 Å². The van der Waals surface area contributed by atoms with Crippen LogP contribution in [0.5, 0.6) is 5.75 Å². The number of rotatable bonds is 8. The molecule has 3 amide bonds. The van der Waals surface area contributed by atoms with Crippen LogP contribution in [0.4, 0.5) is 16.2 Å². The largest absolute Gasteiger partial charge is 0.490 e. The van der Waals surface area contributed by atoms with E-state index in [0.717, 1.165) is 18.4 Å². The number of hydrogen-bond acceptors (Lipinski definition) is 9. The van der Waals surface area contributed by atoms with E-state index in [1.165, 1.54) is 11.4 Å². The summed E-state index contributed by atoms with van der Waals surface area (Å²) in [5, 5.41) is 19.6. The summed E-state index contributed by atoms with van der Waals surface area (Å²) in [6.45, 7) is 11.2. The van der Waals surface area contributed by atoms with Gasteiger partial charge < -0.3 is 34.6 Å². The molecule has 4 atom stereocenters. The molecule has 3 aromatic rings. The Morgan fingerprint density at radius 1 is 1.10 bits per heavy atom. The standard InChI is InChI=1S/C35H49N5O8S/c1-22-11-14-29(15-12-22)49(44,45)39(7)20-32-23(2)19-40(24(3)21-41)34(42)30-18-28(36-35(43)37-33-26(5)38-48-27(33)6)13-16-31(30)47-25(4)10-8-9-17-46-32/h11-16,18,23-25,32,41H,8-10,17,19-21H2,1-7H3,(H2,36,37,43)/t23-,24-,25-,32-/m0/s1. The highest BCUT2D eigenvalue weighted by Gasteiger charge is 2.32. The minimum absolute atomic E-state index is 0.0668. The number of fused-ring (bicyclic) bond motifs is 1. The zero-order valence-corrected chi connectivity index (χ0v) is 30.2. The van der Waals surface area contributed by atoms with Crippen molar-refractivity contribution < 1.29 is 37.1 Å². The van der Waals surface area contributed by atoms with Gasteiger partial charge in [0.25, 0.3) is 5.91 Å². The molecule has 4 rings (SSSR count). The number of aromatic nitrogens is 1. The van der Waals surface area contributed by atoms with E-state index in [1.54, 1.807) is 68.1 Å². The van der Waals surface area contributed by atoms with Crippen molar-refractivity contribution in [2.45, 2.75) is 84.0 Å². The highest BCUT2D eigenvalue weighted by Crippen LogP contribution is 2.29. The molecule has 14 heteroatoms. The smallest absolute Gasteiger partial charge is 0.323 e. The molecule has 0 aliphatic carbocycles. The Morgan fingerprint density at radius 2 is 1.82 bits per heavy atom. The number of sulfonamides is 1. The lowest BCUT2D eigenvalue weighted by Crippen LogP contribution is -2.48. The number of aliphatic hydroxyl groups excluding tert-OH is 1. The van der Waals surface area contributed by atoms with Crippen LogP contribution in [0.25, 0.3) is 0 Å². The zero-order chi connectivity index (χ0) is 35.9. The fourth-order valence-electron chi connectivity index (χ4n) is 5.64. The molecule has 0 saturated heterocycles. The number of nitrogens with one attached hydrogen (secondary N) is 2. The van der Waals surface area contributed by atoms with Gasteiger partial charge in [-0.2, -0.15) is 4.31 Å². The Bertz CT molecular complexity index is 1670. The van der Waals surface area contributed by atoms with Gasteiger partial charge >= 0.3 is 6.03 Å². The van der Waals surface area contributed by atoms with Crippen molar-refractivity contribution in [3.63, 3.8) is 0 Å². The lowest BCUT2D eigenvalue weighted by molar-refractivity contribution is -0.00833. The summed E-state index contributed by atoms with van der Waals surface area (Å²) < 4.78 is 46.0. The van der Waals surface area contributed by atoms with Gasteiger partial charge in [-0.15, -0.1) is 0 Å². The summed E-state index contributed by atoms with van der Waals surface area (Å²) in [6.07, 6.45) is 1.42. The predicted octanol–water partition coefficient (Wildman–Crippen LogP) is 5.36. The van der Waals surface area contributed by atoms with Crippen LogP contribution in [0.2, 0.25) is 0 Å². The highest BCUT2D eigenvalue weighted by molar-refractivity contribution is 7.89. The van der Waals surface area contributed by atoms with Crippen molar-refractivity contribution in [3.8, 4) is 5.75 Å². The summed E-state index contributed by atoms with van der Waals surface area (Å²) in [5.41, 5.74) is 2.50. The number of anilines is 2. The van der Waals surface area contributed by atoms with Crippen molar-refractivity contribution in [3.05, 3.63) is 65.0 Å². The second-order valence-corrected chi connectivity index (χ2v) is 14.9. The molecule has 0 saturated carbocycles. The average Bonchev–Trinajstić information content (AvgIpc) is 3.38. The van der Waals surface area contributed by atoms with Crippen LogP contribution in [0.3, 0.4) is 0 Å². The van der Waals surface area contributed by atoms with Crippen molar-refractivity contribution in [1.29, 1.82) is 0 Å². The molecule has 268 valence electrons. The molecule has 0 spiro atoms. The molecule has 0 unspecified atom stereocenters. The van der Waals surface area contributed by atoms with E-state index in [-0.39, 0.29) is 42.2 Å². The fourth-order valence-corrected chi connectivity index (χ4v) is 6.83. The number of benzene rings is 2. The monoisotopic (exact) mass is 699 g/mol. The highest BCUT2D eigenvalue weighted by atomic mass is 32.2. The molecule has 0 radical (unpaired) electrons. The topological polar surface area (TPSA) is 164 Å². The van der Waals surface area contributed by atoms with Gasteiger partial charge in [0.2, 0.25) is 10.0 Å². The number of nitrogens with zero attached hydrogens (tertiary/aromatic N) is 3. The number of aryl methyl sites for hydroxylation is 3. The summed E-state index contributed by atoms with van der Waals surface area (Å²) in [5.74, 6) is 0.0629. The van der Waals surface area contributed by atoms with E-state index in [4.69, 9.17) is 14.0 Å². The number of ether oxygens (including phenoxy) is 2. The fraction of sp³-hybridized carbons (Fsp3) is 0.514. The summed E-state index contributed by atoms with van der Waals surface area (Å²) in [4.78, 5) is 29.0. The van der Waals surface area contributed by atoms with E-state index in [0.29, 0.717) is 41.6 Å². The lowest BCUT2D eigenvalue weighted by Gasteiger charge is -2.35. The molecule has 2 heterocycles. The van der Waals surface area contributed by atoms with Gasteiger partial charge in [-0.1, -0.05) is 29.8 Å². The molecule has 3 N–H and O–H groups in total. The van der Waals surface area contributed by atoms with Crippen molar-refractivity contribution >= 4 is 33.3 Å². The van der Waals surface area contributed by atoms with Crippen molar-refractivity contribution in [2.24, 2.45) is 5.92 Å². The Kier molecular flexibility index (Phi) is 12.8. The quantitative estimate of drug-likeness (QED) is 0.281. The van der Waals surface area contributed by atoms with Crippen LogP contribution >= 0.6 is 0 Å². The van der Waals surface area contributed by atoms with E-state index < -0.39 is 34.1 Å². The molecule has 0 bridgehead atoms. The molecular formula is C35H49N5O8S. The minimum Gasteiger partial charge on any atom is -0.490 e. The van der Waals surface area contributed by atoms with Crippen molar-refractivity contribution in [2.75, 3.05) is 44.0 Å². The van der Waals surface area contributed by atoms with Gasteiger partial charge in [-0.25, -0.2) is 13.2 Å². The van der Waals surface area contributed by atoms with Gasteiger partial charge in [0.15, 0.2) is 5.76 Å². The third-order valence-corrected chi connectivity index (χ3v) is 10.6. The van der Waals surface area contributed by atoms with Crippen LogP contribution < -0.4 is 15.4 Å². The third-order valence-electron chi connectivity index (χ3n) is 8.75. The predicted molar refractivity (Wildman–Crippen MR) is 186 cm³/mol. The van der Waals surface area contributed by atoms with Crippen molar-refractivity contribution in [1.82, 2.24) is 14.4 Å². The molecule has 1 aliphatic rings. The Hall–Kier alpha value is -3.98. The van der Waals surface area contributed by atoms with E-state index >= 15 is 0 Å². The number of likely N-dealkylation sites (N-methyl/N-ethyl adjacent to an activating group) is 1. The van der Waals surface area contributed by atoms with Gasteiger partial charge in [-0.05, 0) is 84.2 Å². The van der Waals surface area contributed by atoms with E-state index in [9.17, 15) is 23.1 Å². The minimum atomic E-state index is -3.80. The Labute approximate surface area is 289 Å². The SMILES string of the molecule is Cc1ccc(S(=O)(=O)N(C)C[C@@H]2OCCCC[C@H](C)Oc3ccc(NC(=O)Nc4c(C)noc4C)cc3C(=O)N([C@@H](C)CO)C[C@@H]2C)cc1. The number of hydrogen-bond donors (Lipinski definition) is 3. The first-order valence-corrected chi connectivity index (χ1v) is 18.0.